The molecule has 0 saturated heterocycles. The second kappa shape index (κ2) is 5.15. The van der Waals surface area contributed by atoms with Gasteiger partial charge in [0.1, 0.15) is 12.2 Å². The monoisotopic (exact) mass is 233 g/mol. The fraction of sp³-hybridized carbons (Fsp3) is 0.300. The predicted octanol–water partition coefficient (Wildman–Crippen LogP) is 0.298. The van der Waals surface area contributed by atoms with Gasteiger partial charge in [-0.2, -0.15) is 0 Å². The van der Waals surface area contributed by atoms with E-state index in [1.165, 1.54) is 4.68 Å². The number of aromatic nitrogens is 5. The van der Waals surface area contributed by atoms with Crippen molar-refractivity contribution >= 4 is 5.97 Å². The number of carbonyl (C=O) groups is 1. The average Bonchev–Trinajstić information content (AvgIpc) is 2.78. The molecule has 17 heavy (non-hydrogen) atoms. The third-order valence-electron chi connectivity index (χ3n) is 2.01. The van der Waals surface area contributed by atoms with E-state index in [1.54, 1.807) is 25.3 Å². The van der Waals surface area contributed by atoms with Gasteiger partial charge >= 0.3 is 5.97 Å². The Morgan fingerprint density at radius 1 is 1.47 bits per heavy atom. The molecule has 2 aromatic rings. The predicted molar refractivity (Wildman–Crippen MR) is 57.7 cm³/mol. The maximum atomic E-state index is 11.3. The van der Waals surface area contributed by atoms with E-state index in [2.05, 4.69) is 20.5 Å². The van der Waals surface area contributed by atoms with Gasteiger partial charge in [0.2, 0.25) is 5.82 Å². The number of nitrogens with zero attached hydrogens (tertiary/aromatic N) is 5. The van der Waals surface area contributed by atoms with Crippen LogP contribution in [-0.2, 0) is 16.1 Å². The van der Waals surface area contributed by atoms with Crippen molar-refractivity contribution in [3.05, 3.63) is 24.4 Å². The Morgan fingerprint density at radius 2 is 2.35 bits per heavy atom. The molecule has 0 saturated carbocycles. The van der Waals surface area contributed by atoms with E-state index in [9.17, 15) is 4.79 Å². The van der Waals surface area contributed by atoms with Gasteiger partial charge in [-0.05, 0) is 29.5 Å². The SMILES string of the molecule is CCOC(=O)Cn1nnnc1-c1ccccn1. The molecule has 0 atom stereocenters. The Kier molecular flexibility index (Phi) is 3.39. The Morgan fingerprint density at radius 3 is 3.06 bits per heavy atom. The van der Waals surface area contributed by atoms with E-state index < -0.39 is 0 Å². The number of pyridine rings is 1. The number of tetrazole rings is 1. The van der Waals surface area contributed by atoms with E-state index in [0.29, 0.717) is 18.1 Å². The highest BCUT2D eigenvalue weighted by atomic mass is 16.5. The molecule has 2 heterocycles. The quantitative estimate of drug-likeness (QED) is 0.706. The zero-order valence-corrected chi connectivity index (χ0v) is 9.28. The third-order valence-corrected chi connectivity index (χ3v) is 2.01. The van der Waals surface area contributed by atoms with Crippen molar-refractivity contribution in [1.29, 1.82) is 0 Å². The van der Waals surface area contributed by atoms with Crippen LogP contribution in [0.5, 0.6) is 0 Å². The molecule has 0 aromatic carbocycles. The lowest BCUT2D eigenvalue weighted by Crippen LogP contribution is -2.15. The standard InChI is InChI=1S/C10H11N5O2/c1-2-17-9(16)7-15-10(12-13-14-15)8-5-3-4-6-11-8/h3-6H,2,7H2,1H3. The number of carbonyl (C=O) groups excluding carboxylic acids is 1. The molecule has 0 spiro atoms. The maximum Gasteiger partial charge on any atom is 0.327 e. The molecule has 2 aromatic heterocycles. The summed E-state index contributed by atoms with van der Waals surface area (Å²) in [5, 5.41) is 11.1. The first kappa shape index (κ1) is 11.2. The van der Waals surface area contributed by atoms with Crippen molar-refractivity contribution in [1.82, 2.24) is 25.2 Å². The maximum absolute atomic E-state index is 11.3. The fourth-order valence-electron chi connectivity index (χ4n) is 1.32. The van der Waals surface area contributed by atoms with Gasteiger partial charge in [-0.15, -0.1) is 5.10 Å². The molecule has 0 amide bonds. The smallest absolute Gasteiger partial charge is 0.327 e. The molecule has 7 heteroatoms. The highest BCUT2D eigenvalue weighted by molar-refractivity contribution is 5.69. The van der Waals surface area contributed by atoms with Gasteiger partial charge < -0.3 is 4.74 Å². The number of ether oxygens (including phenoxy) is 1. The van der Waals surface area contributed by atoms with Gasteiger partial charge in [0.25, 0.3) is 0 Å². The fourth-order valence-corrected chi connectivity index (χ4v) is 1.32. The van der Waals surface area contributed by atoms with Gasteiger partial charge in [-0.3, -0.25) is 9.78 Å². The van der Waals surface area contributed by atoms with E-state index in [1.807, 2.05) is 6.07 Å². The highest BCUT2D eigenvalue weighted by Gasteiger charge is 2.13. The average molecular weight is 233 g/mol. The second-order valence-electron chi connectivity index (χ2n) is 3.18. The van der Waals surface area contributed by atoms with Crippen LogP contribution < -0.4 is 0 Å². The molecular weight excluding hydrogens is 222 g/mol. The number of hydrogen-bond donors (Lipinski definition) is 0. The highest BCUT2D eigenvalue weighted by Crippen LogP contribution is 2.11. The first-order valence-corrected chi connectivity index (χ1v) is 5.14. The summed E-state index contributed by atoms with van der Waals surface area (Å²) in [4.78, 5) is 15.5. The molecule has 0 aliphatic heterocycles. The van der Waals surface area contributed by atoms with Gasteiger partial charge in [0.15, 0.2) is 0 Å². The number of esters is 1. The summed E-state index contributed by atoms with van der Waals surface area (Å²) >= 11 is 0. The first-order chi connectivity index (χ1) is 8.31. The Labute approximate surface area is 97.4 Å². The lowest BCUT2D eigenvalue weighted by Gasteiger charge is -2.03. The van der Waals surface area contributed by atoms with Crippen molar-refractivity contribution in [3.8, 4) is 11.5 Å². The van der Waals surface area contributed by atoms with Crippen LogP contribution in [0.3, 0.4) is 0 Å². The van der Waals surface area contributed by atoms with Crippen molar-refractivity contribution in [2.45, 2.75) is 13.5 Å². The summed E-state index contributed by atoms with van der Waals surface area (Å²) in [5.74, 6) is 0.0654. The summed E-state index contributed by atoms with van der Waals surface area (Å²) < 4.78 is 6.19. The summed E-state index contributed by atoms with van der Waals surface area (Å²) in [7, 11) is 0. The van der Waals surface area contributed by atoms with Crippen molar-refractivity contribution in [2.24, 2.45) is 0 Å². The summed E-state index contributed by atoms with van der Waals surface area (Å²) in [5.41, 5.74) is 0.613. The van der Waals surface area contributed by atoms with Gasteiger partial charge in [-0.1, -0.05) is 6.07 Å². The van der Waals surface area contributed by atoms with Crippen LogP contribution in [0.4, 0.5) is 0 Å². The van der Waals surface area contributed by atoms with Crippen LogP contribution in [0.1, 0.15) is 6.92 Å². The Hall–Kier alpha value is -2.31. The first-order valence-electron chi connectivity index (χ1n) is 5.14. The molecule has 0 aliphatic carbocycles. The minimum atomic E-state index is -0.378. The van der Waals surface area contributed by atoms with Gasteiger partial charge in [0.05, 0.1) is 6.61 Å². The minimum absolute atomic E-state index is 0.0211. The molecule has 2 rings (SSSR count). The van der Waals surface area contributed by atoms with E-state index in [4.69, 9.17) is 4.74 Å². The largest absolute Gasteiger partial charge is 0.465 e. The van der Waals surface area contributed by atoms with Gasteiger partial charge in [0, 0.05) is 6.20 Å². The Bertz CT molecular complexity index is 496. The van der Waals surface area contributed by atoms with Crippen LogP contribution >= 0.6 is 0 Å². The summed E-state index contributed by atoms with van der Waals surface area (Å²) in [6.45, 7) is 2.06. The minimum Gasteiger partial charge on any atom is -0.465 e. The lowest BCUT2D eigenvalue weighted by atomic mass is 10.3. The van der Waals surface area contributed by atoms with E-state index in [0.717, 1.165) is 0 Å². The normalized spacial score (nSPS) is 10.2. The van der Waals surface area contributed by atoms with Crippen LogP contribution in [0, 0.1) is 0 Å². The Balaban J connectivity index is 2.20. The van der Waals surface area contributed by atoms with Crippen molar-refractivity contribution in [3.63, 3.8) is 0 Å². The molecule has 7 nitrogen and oxygen atoms in total. The molecule has 0 bridgehead atoms. The zero-order chi connectivity index (χ0) is 12.1. The number of rotatable bonds is 4. The van der Waals surface area contributed by atoms with Crippen LogP contribution in [0.25, 0.3) is 11.5 Å². The number of hydrogen-bond acceptors (Lipinski definition) is 6. The lowest BCUT2D eigenvalue weighted by molar-refractivity contribution is -0.144. The zero-order valence-electron chi connectivity index (χ0n) is 9.28. The molecule has 0 radical (unpaired) electrons. The molecule has 88 valence electrons. The van der Waals surface area contributed by atoms with Crippen LogP contribution in [0.2, 0.25) is 0 Å². The van der Waals surface area contributed by atoms with Crippen LogP contribution in [-0.4, -0.2) is 37.8 Å². The van der Waals surface area contributed by atoms with Crippen LogP contribution in [0.15, 0.2) is 24.4 Å². The molecule has 0 aliphatic rings. The van der Waals surface area contributed by atoms with Crippen molar-refractivity contribution in [2.75, 3.05) is 6.61 Å². The summed E-state index contributed by atoms with van der Waals surface area (Å²) in [6, 6.07) is 5.39. The third kappa shape index (κ3) is 2.63. The molecule has 0 unspecified atom stereocenters. The molecular formula is C10H11N5O2. The topological polar surface area (TPSA) is 82.8 Å². The van der Waals surface area contributed by atoms with E-state index in [-0.39, 0.29) is 12.5 Å². The summed E-state index contributed by atoms with van der Waals surface area (Å²) in [6.07, 6.45) is 1.64. The van der Waals surface area contributed by atoms with E-state index >= 15 is 0 Å². The molecule has 0 fully saturated rings. The second-order valence-corrected chi connectivity index (χ2v) is 3.18. The van der Waals surface area contributed by atoms with Crippen molar-refractivity contribution < 1.29 is 9.53 Å². The van der Waals surface area contributed by atoms with Gasteiger partial charge in [-0.25, -0.2) is 4.68 Å². The molecule has 0 N–H and O–H groups in total.